The molecule has 0 amide bonds. The standard InChI is InChI=1S/C14H21NO3/c1-4-9(2)13(16)12(15)10-6-5-7-11(8-10)14(17)18-3/h5-9,12-13,16H,4,15H2,1-3H3/t9?,12-,13+/m0/s1. The van der Waals surface area contributed by atoms with Crippen molar-refractivity contribution in [2.24, 2.45) is 11.7 Å². The van der Waals surface area contributed by atoms with Crippen molar-refractivity contribution in [2.75, 3.05) is 7.11 Å². The lowest BCUT2D eigenvalue weighted by Gasteiger charge is -2.24. The van der Waals surface area contributed by atoms with Gasteiger partial charge in [0, 0.05) is 0 Å². The molecule has 0 aliphatic carbocycles. The van der Waals surface area contributed by atoms with Gasteiger partial charge in [-0.25, -0.2) is 4.79 Å². The van der Waals surface area contributed by atoms with Crippen LogP contribution in [0.4, 0.5) is 0 Å². The molecule has 0 fully saturated rings. The first kappa shape index (κ1) is 14.7. The molecule has 3 atom stereocenters. The summed E-state index contributed by atoms with van der Waals surface area (Å²) in [6, 6.07) is 6.39. The van der Waals surface area contributed by atoms with Gasteiger partial charge in [-0.3, -0.25) is 0 Å². The van der Waals surface area contributed by atoms with Gasteiger partial charge in [-0.15, -0.1) is 0 Å². The number of benzene rings is 1. The first-order valence-electron chi connectivity index (χ1n) is 6.13. The summed E-state index contributed by atoms with van der Waals surface area (Å²) in [6.07, 6.45) is 0.230. The molecule has 0 spiro atoms. The largest absolute Gasteiger partial charge is 0.465 e. The number of carbonyl (C=O) groups excluding carboxylic acids is 1. The third-order valence-electron chi connectivity index (χ3n) is 3.29. The van der Waals surface area contributed by atoms with E-state index in [0.29, 0.717) is 5.56 Å². The van der Waals surface area contributed by atoms with Crippen LogP contribution >= 0.6 is 0 Å². The molecule has 0 aromatic heterocycles. The van der Waals surface area contributed by atoms with Crippen molar-refractivity contribution in [2.45, 2.75) is 32.4 Å². The molecule has 1 aromatic carbocycles. The first-order valence-corrected chi connectivity index (χ1v) is 6.13. The molecule has 1 aromatic rings. The van der Waals surface area contributed by atoms with Crippen molar-refractivity contribution in [1.29, 1.82) is 0 Å². The minimum absolute atomic E-state index is 0.113. The number of methoxy groups -OCH3 is 1. The number of rotatable bonds is 5. The molecule has 0 aliphatic rings. The summed E-state index contributed by atoms with van der Waals surface area (Å²) in [5, 5.41) is 10.1. The van der Waals surface area contributed by atoms with E-state index in [9.17, 15) is 9.90 Å². The monoisotopic (exact) mass is 251 g/mol. The normalized spacial score (nSPS) is 15.8. The highest BCUT2D eigenvalue weighted by molar-refractivity contribution is 5.89. The molecular formula is C14H21NO3. The molecule has 0 bridgehead atoms. The highest BCUT2D eigenvalue weighted by Gasteiger charge is 2.22. The highest BCUT2D eigenvalue weighted by Crippen LogP contribution is 2.22. The van der Waals surface area contributed by atoms with E-state index in [0.717, 1.165) is 12.0 Å². The van der Waals surface area contributed by atoms with E-state index in [4.69, 9.17) is 5.73 Å². The molecule has 0 saturated carbocycles. The van der Waals surface area contributed by atoms with E-state index in [-0.39, 0.29) is 5.92 Å². The van der Waals surface area contributed by atoms with Gasteiger partial charge in [0.15, 0.2) is 0 Å². The van der Waals surface area contributed by atoms with Crippen LogP contribution in [0.3, 0.4) is 0 Å². The highest BCUT2D eigenvalue weighted by atomic mass is 16.5. The van der Waals surface area contributed by atoms with Gasteiger partial charge >= 0.3 is 5.97 Å². The van der Waals surface area contributed by atoms with Crippen LogP contribution in [0.2, 0.25) is 0 Å². The van der Waals surface area contributed by atoms with Crippen LogP contribution in [0.15, 0.2) is 24.3 Å². The second-order valence-corrected chi connectivity index (χ2v) is 4.52. The molecule has 0 saturated heterocycles. The van der Waals surface area contributed by atoms with Crippen LogP contribution < -0.4 is 5.73 Å². The fourth-order valence-electron chi connectivity index (χ4n) is 1.78. The predicted molar refractivity (Wildman–Crippen MR) is 70.2 cm³/mol. The lowest BCUT2D eigenvalue weighted by Crippen LogP contribution is -2.31. The van der Waals surface area contributed by atoms with Gasteiger partial charge in [-0.2, -0.15) is 0 Å². The summed E-state index contributed by atoms with van der Waals surface area (Å²) in [5.41, 5.74) is 7.21. The lowest BCUT2D eigenvalue weighted by molar-refractivity contribution is 0.0599. The quantitative estimate of drug-likeness (QED) is 0.784. The molecule has 1 unspecified atom stereocenters. The zero-order valence-corrected chi connectivity index (χ0v) is 11.1. The van der Waals surface area contributed by atoms with Gasteiger partial charge in [0.1, 0.15) is 0 Å². The first-order chi connectivity index (χ1) is 8.51. The molecule has 0 radical (unpaired) electrons. The fraction of sp³-hybridized carbons (Fsp3) is 0.500. The van der Waals surface area contributed by atoms with Gasteiger partial charge in [0.05, 0.1) is 24.8 Å². The predicted octanol–water partition coefficient (Wildman–Crippen LogP) is 1.88. The summed E-state index contributed by atoms with van der Waals surface area (Å²) in [7, 11) is 1.34. The van der Waals surface area contributed by atoms with Crippen LogP contribution in [-0.2, 0) is 4.74 Å². The summed E-state index contributed by atoms with van der Waals surface area (Å²) in [5.74, 6) is -0.288. The molecule has 18 heavy (non-hydrogen) atoms. The Morgan fingerprint density at radius 1 is 1.50 bits per heavy atom. The zero-order chi connectivity index (χ0) is 13.7. The molecule has 4 nitrogen and oxygen atoms in total. The summed E-state index contributed by atoms with van der Waals surface area (Å²) < 4.78 is 4.66. The molecule has 100 valence electrons. The van der Waals surface area contributed by atoms with Crippen molar-refractivity contribution in [3.63, 3.8) is 0 Å². The summed E-state index contributed by atoms with van der Waals surface area (Å²) in [6.45, 7) is 3.96. The fourth-order valence-corrected chi connectivity index (χ4v) is 1.78. The van der Waals surface area contributed by atoms with Gasteiger partial charge < -0.3 is 15.6 Å². The lowest BCUT2D eigenvalue weighted by atomic mass is 9.91. The zero-order valence-electron chi connectivity index (χ0n) is 11.1. The number of hydrogen-bond acceptors (Lipinski definition) is 4. The molecule has 1 rings (SSSR count). The average Bonchev–Trinajstić information content (AvgIpc) is 2.43. The van der Waals surface area contributed by atoms with Crippen molar-refractivity contribution >= 4 is 5.97 Å². The maximum Gasteiger partial charge on any atom is 0.337 e. The van der Waals surface area contributed by atoms with E-state index in [1.54, 1.807) is 18.2 Å². The Bertz CT molecular complexity index is 406. The number of carbonyl (C=O) groups is 1. The van der Waals surface area contributed by atoms with Crippen LogP contribution in [0.1, 0.15) is 42.2 Å². The van der Waals surface area contributed by atoms with E-state index in [1.807, 2.05) is 19.9 Å². The molecule has 4 heteroatoms. The van der Waals surface area contributed by atoms with E-state index in [2.05, 4.69) is 4.74 Å². The van der Waals surface area contributed by atoms with Crippen LogP contribution in [0.25, 0.3) is 0 Å². The van der Waals surface area contributed by atoms with Crippen molar-refractivity contribution in [3.8, 4) is 0 Å². The van der Waals surface area contributed by atoms with Crippen LogP contribution in [0, 0.1) is 5.92 Å². The summed E-state index contributed by atoms with van der Waals surface area (Å²) in [4.78, 5) is 11.4. The molecule has 0 aliphatic heterocycles. The third-order valence-corrected chi connectivity index (χ3v) is 3.29. The molecule has 3 N–H and O–H groups in total. The second kappa shape index (κ2) is 6.52. The van der Waals surface area contributed by atoms with Crippen molar-refractivity contribution in [1.82, 2.24) is 0 Å². The Hall–Kier alpha value is -1.39. The number of nitrogens with two attached hydrogens (primary N) is 1. The Morgan fingerprint density at radius 3 is 2.72 bits per heavy atom. The van der Waals surface area contributed by atoms with Crippen molar-refractivity contribution in [3.05, 3.63) is 35.4 Å². The minimum atomic E-state index is -0.622. The minimum Gasteiger partial charge on any atom is -0.465 e. The second-order valence-electron chi connectivity index (χ2n) is 4.52. The number of aliphatic hydroxyl groups is 1. The Labute approximate surface area is 108 Å². The van der Waals surface area contributed by atoms with Gasteiger partial charge in [0.2, 0.25) is 0 Å². The number of hydrogen-bond donors (Lipinski definition) is 2. The average molecular weight is 251 g/mol. The molecule has 0 heterocycles. The van der Waals surface area contributed by atoms with Gasteiger partial charge in [-0.1, -0.05) is 32.4 Å². The third kappa shape index (κ3) is 3.31. The maximum atomic E-state index is 11.4. The number of ether oxygens (including phenoxy) is 1. The van der Waals surface area contributed by atoms with Crippen LogP contribution in [0.5, 0.6) is 0 Å². The smallest absolute Gasteiger partial charge is 0.337 e. The van der Waals surface area contributed by atoms with E-state index >= 15 is 0 Å². The SMILES string of the molecule is CCC(C)[C@@H](O)[C@@H](N)c1cccc(C(=O)OC)c1. The number of esters is 1. The van der Waals surface area contributed by atoms with E-state index < -0.39 is 18.1 Å². The van der Waals surface area contributed by atoms with Crippen molar-refractivity contribution < 1.29 is 14.6 Å². The van der Waals surface area contributed by atoms with Gasteiger partial charge in [-0.05, 0) is 23.6 Å². The Morgan fingerprint density at radius 2 is 2.17 bits per heavy atom. The van der Waals surface area contributed by atoms with Gasteiger partial charge in [0.25, 0.3) is 0 Å². The van der Waals surface area contributed by atoms with E-state index in [1.165, 1.54) is 7.11 Å². The molecular weight excluding hydrogens is 230 g/mol. The maximum absolute atomic E-state index is 11.4. The topological polar surface area (TPSA) is 72.5 Å². The number of aliphatic hydroxyl groups excluding tert-OH is 1. The Kier molecular flexibility index (Phi) is 5.31. The summed E-state index contributed by atoms with van der Waals surface area (Å²) >= 11 is 0. The Balaban J connectivity index is 2.92. The van der Waals surface area contributed by atoms with Crippen LogP contribution in [-0.4, -0.2) is 24.3 Å².